The molecule has 1 saturated heterocycles. The van der Waals surface area contributed by atoms with Gasteiger partial charge in [0.05, 0.1) is 12.2 Å². The maximum Gasteiger partial charge on any atom is 0.390 e. The SMILES string of the molecule is O=C(NS(=O)(=O)CCC(F)(F)F)c1ccc(N2CCN(C(=O)c3ccc(-c4cccc(O)c4)c4ccccc34)CC2)cc1. The summed E-state index contributed by atoms with van der Waals surface area (Å²) >= 11 is 0. The molecule has 2 amide bonds. The zero-order valence-electron chi connectivity index (χ0n) is 22.8. The maximum absolute atomic E-state index is 13.6. The lowest BCUT2D eigenvalue weighted by atomic mass is 9.94. The average Bonchev–Trinajstić information content (AvgIpc) is 2.99. The molecule has 0 unspecified atom stereocenters. The van der Waals surface area contributed by atoms with E-state index in [2.05, 4.69) is 0 Å². The van der Waals surface area contributed by atoms with Crippen molar-refractivity contribution in [1.29, 1.82) is 0 Å². The van der Waals surface area contributed by atoms with E-state index in [0.717, 1.165) is 27.6 Å². The summed E-state index contributed by atoms with van der Waals surface area (Å²) in [4.78, 5) is 29.7. The van der Waals surface area contributed by atoms with E-state index in [1.165, 1.54) is 12.1 Å². The van der Waals surface area contributed by atoms with Gasteiger partial charge in [0, 0.05) is 43.0 Å². The lowest BCUT2D eigenvalue weighted by Gasteiger charge is -2.36. The number of aromatic hydroxyl groups is 1. The molecule has 4 aromatic rings. The minimum atomic E-state index is -4.65. The molecule has 0 radical (unpaired) electrons. The topological polar surface area (TPSA) is 107 Å². The minimum Gasteiger partial charge on any atom is -0.508 e. The van der Waals surface area contributed by atoms with E-state index in [1.54, 1.807) is 40.0 Å². The summed E-state index contributed by atoms with van der Waals surface area (Å²) in [6, 6.07) is 24.4. The van der Waals surface area contributed by atoms with E-state index in [1.807, 2.05) is 47.4 Å². The summed E-state index contributed by atoms with van der Waals surface area (Å²) in [5.41, 5.74) is 3.08. The molecule has 224 valence electrons. The molecule has 5 rings (SSSR count). The fourth-order valence-electron chi connectivity index (χ4n) is 5.07. The molecule has 43 heavy (non-hydrogen) atoms. The molecule has 0 atom stereocenters. The Hall–Kier alpha value is -4.58. The van der Waals surface area contributed by atoms with Crippen LogP contribution in [0.4, 0.5) is 18.9 Å². The quantitative estimate of drug-likeness (QED) is 0.298. The number of phenols is 1. The molecule has 4 aromatic carbocycles. The number of fused-ring (bicyclic) bond motifs is 1. The predicted molar refractivity (Wildman–Crippen MR) is 158 cm³/mol. The van der Waals surface area contributed by atoms with Crippen molar-refractivity contribution in [2.45, 2.75) is 12.6 Å². The zero-order valence-corrected chi connectivity index (χ0v) is 23.7. The number of sulfonamides is 1. The largest absolute Gasteiger partial charge is 0.508 e. The van der Waals surface area contributed by atoms with Gasteiger partial charge in [0.25, 0.3) is 11.8 Å². The van der Waals surface area contributed by atoms with Crippen LogP contribution in [0.2, 0.25) is 0 Å². The van der Waals surface area contributed by atoms with Crippen LogP contribution in [-0.4, -0.2) is 68.3 Å². The third kappa shape index (κ3) is 7.08. The second kappa shape index (κ2) is 12.0. The van der Waals surface area contributed by atoms with Gasteiger partial charge in [-0.2, -0.15) is 13.2 Å². The molecule has 1 aliphatic heterocycles. The number of halogens is 3. The molecule has 0 aliphatic carbocycles. The number of nitrogens with one attached hydrogen (secondary N) is 1. The summed E-state index contributed by atoms with van der Waals surface area (Å²) in [6.45, 7) is 1.92. The van der Waals surface area contributed by atoms with E-state index in [0.29, 0.717) is 31.7 Å². The molecule has 0 spiro atoms. The lowest BCUT2D eigenvalue weighted by Crippen LogP contribution is -2.48. The number of hydrogen-bond donors (Lipinski definition) is 2. The van der Waals surface area contributed by atoms with Gasteiger partial charge in [-0.1, -0.05) is 42.5 Å². The van der Waals surface area contributed by atoms with E-state index in [4.69, 9.17) is 0 Å². The number of alkyl halides is 3. The number of hydrogen-bond acceptors (Lipinski definition) is 6. The van der Waals surface area contributed by atoms with Crippen LogP contribution in [0, 0.1) is 0 Å². The third-order valence-electron chi connectivity index (χ3n) is 7.28. The first-order chi connectivity index (χ1) is 20.4. The highest BCUT2D eigenvalue weighted by Gasteiger charge is 2.31. The number of nitrogens with zero attached hydrogens (tertiary/aromatic N) is 2. The summed E-state index contributed by atoms with van der Waals surface area (Å²) in [5, 5.41) is 11.7. The standard InChI is InChI=1S/C31H28F3N3O5S/c32-31(33,34)14-19-43(41,42)35-29(39)21-8-10-23(11-9-21)36-15-17-37(18-16-36)30(40)28-13-12-25(22-4-3-5-24(38)20-22)26-6-1-2-7-27(26)28/h1-13,20,38H,14-19H2,(H,35,39). The maximum atomic E-state index is 13.6. The number of amides is 2. The first-order valence-corrected chi connectivity index (χ1v) is 15.1. The van der Waals surface area contributed by atoms with Gasteiger partial charge in [0.2, 0.25) is 10.0 Å². The van der Waals surface area contributed by atoms with Crippen molar-refractivity contribution in [3.63, 3.8) is 0 Å². The van der Waals surface area contributed by atoms with Crippen molar-refractivity contribution >= 4 is 38.3 Å². The Morgan fingerprint density at radius 2 is 1.51 bits per heavy atom. The second-order valence-electron chi connectivity index (χ2n) is 10.2. The monoisotopic (exact) mass is 611 g/mol. The Balaban J connectivity index is 1.23. The number of phenolic OH excluding ortho intramolecular Hbond substituents is 1. The molecular weight excluding hydrogens is 583 g/mol. The number of benzene rings is 4. The number of carbonyl (C=O) groups excluding carboxylic acids is 2. The average molecular weight is 612 g/mol. The first kappa shape index (κ1) is 29.9. The van der Waals surface area contributed by atoms with Crippen LogP contribution in [0.5, 0.6) is 5.75 Å². The zero-order chi connectivity index (χ0) is 30.8. The van der Waals surface area contributed by atoms with Crippen molar-refractivity contribution in [2.75, 3.05) is 36.8 Å². The van der Waals surface area contributed by atoms with E-state index in [9.17, 15) is 36.3 Å². The van der Waals surface area contributed by atoms with Gasteiger partial charge in [-0.25, -0.2) is 13.1 Å². The van der Waals surface area contributed by atoms with Gasteiger partial charge in [0.1, 0.15) is 5.75 Å². The van der Waals surface area contributed by atoms with Crippen LogP contribution < -0.4 is 9.62 Å². The van der Waals surface area contributed by atoms with Crippen LogP contribution in [-0.2, 0) is 10.0 Å². The Morgan fingerprint density at radius 3 is 2.16 bits per heavy atom. The summed E-state index contributed by atoms with van der Waals surface area (Å²) in [7, 11) is -4.44. The number of carbonyl (C=O) groups is 2. The summed E-state index contributed by atoms with van der Waals surface area (Å²) < 4.78 is 62.4. The molecule has 0 bridgehead atoms. The van der Waals surface area contributed by atoms with Crippen LogP contribution in [0.15, 0.2) is 84.9 Å². The first-order valence-electron chi connectivity index (χ1n) is 13.5. The second-order valence-corrected chi connectivity index (χ2v) is 12.0. The van der Waals surface area contributed by atoms with Gasteiger partial charge in [-0.05, 0) is 64.4 Å². The molecule has 8 nitrogen and oxygen atoms in total. The molecule has 0 saturated carbocycles. The van der Waals surface area contributed by atoms with Gasteiger partial charge < -0.3 is 14.9 Å². The molecule has 1 fully saturated rings. The molecule has 2 N–H and O–H groups in total. The Morgan fingerprint density at radius 1 is 0.837 bits per heavy atom. The van der Waals surface area contributed by atoms with Crippen LogP contribution >= 0.6 is 0 Å². The van der Waals surface area contributed by atoms with Crippen molar-refractivity contribution in [3.8, 4) is 16.9 Å². The predicted octanol–water partition coefficient (Wildman–Crippen LogP) is 5.19. The molecule has 0 aromatic heterocycles. The molecular formula is C31H28F3N3O5S. The number of rotatable bonds is 7. The van der Waals surface area contributed by atoms with E-state index in [-0.39, 0.29) is 17.2 Å². The van der Waals surface area contributed by atoms with Gasteiger partial charge in [-0.15, -0.1) is 0 Å². The van der Waals surface area contributed by atoms with E-state index < -0.39 is 34.3 Å². The molecule has 1 heterocycles. The molecule has 1 aliphatic rings. The molecule has 12 heteroatoms. The highest BCUT2D eigenvalue weighted by molar-refractivity contribution is 7.90. The number of piperazine rings is 1. The van der Waals surface area contributed by atoms with Crippen LogP contribution in [0.25, 0.3) is 21.9 Å². The van der Waals surface area contributed by atoms with Crippen molar-refractivity contribution in [1.82, 2.24) is 9.62 Å². The van der Waals surface area contributed by atoms with Gasteiger partial charge in [0.15, 0.2) is 0 Å². The smallest absolute Gasteiger partial charge is 0.390 e. The highest BCUT2D eigenvalue weighted by Crippen LogP contribution is 2.33. The van der Waals surface area contributed by atoms with Crippen molar-refractivity contribution < 1.29 is 36.3 Å². The third-order valence-corrected chi connectivity index (χ3v) is 8.51. The van der Waals surface area contributed by atoms with Crippen LogP contribution in [0.3, 0.4) is 0 Å². The van der Waals surface area contributed by atoms with Crippen molar-refractivity contribution in [3.05, 3.63) is 96.1 Å². The Kier molecular flexibility index (Phi) is 8.32. The fraction of sp³-hybridized carbons (Fsp3) is 0.226. The minimum absolute atomic E-state index is 0.00538. The van der Waals surface area contributed by atoms with Crippen molar-refractivity contribution in [2.24, 2.45) is 0 Å². The lowest BCUT2D eigenvalue weighted by molar-refractivity contribution is -0.130. The van der Waals surface area contributed by atoms with Gasteiger partial charge >= 0.3 is 6.18 Å². The summed E-state index contributed by atoms with van der Waals surface area (Å²) in [6.07, 6.45) is -6.20. The Labute approximate surface area is 246 Å². The summed E-state index contributed by atoms with van der Waals surface area (Å²) in [5.74, 6) is -2.19. The van der Waals surface area contributed by atoms with Gasteiger partial charge in [-0.3, -0.25) is 9.59 Å². The van der Waals surface area contributed by atoms with E-state index >= 15 is 0 Å². The normalized spacial score (nSPS) is 14.1. The van der Waals surface area contributed by atoms with Crippen LogP contribution in [0.1, 0.15) is 27.1 Å². The fourth-order valence-corrected chi connectivity index (χ4v) is 6.08. The highest BCUT2D eigenvalue weighted by atomic mass is 32.2. The Bertz CT molecular complexity index is 1770. The number of anilines is 1.